The molecule has 1 aliphatic heterocycles. The molecule has 0 bridgehead atoms. The summed E-state index contributed by atoms with van der Waals surface area (Å²) < 4.78 is 0. The van der Waals surface area contributed by atoms with E-state index >= 15 is 0 Å². The minimum Gasteiger partial charge on any atom is -0.389 e. The second-order valence-corrected chi connectivity index (χ2v) is 6.64. The molecule has 1 fully saturated rings. The van der Waals surface area contributed by atoms with Gasteiger partial charge in [-0.05, 0) is 13.8 Å². The molecular formula is C13H22N4O2S. The number of amides is 1. The van der Waals surface area contributed by atoms with Crippen molar-refractivity contribution >= 4 is 22.4 Å². The standard InChI is InChI=1S/C13H22N4O2S/c1-13(2,19)10-17-6-4-16(5-7-17)9-11(18)15-12-14-3-8-20-12/h3,8,19H,4-7,9-10H2,1-2H3,(H,14,15,18). The first-order chi connectivity index (χ1) is 9.42. The van der Waals surface area contributed by atoms with Gasteiger partial charge >= 0.3 is 0 Å². The molecule has 0 saturated carbocycles. The molecule has 2 heterocycles. The fourth-order valence-electron chi connectivity index (χ4n) is 2.30. The largest absolute Gasteiger partial charge is 0.389 e. The van der Waals surface area contributed by atoms with Gasteiger partial charge in [-0.25, -0.2) is 4.98 Å². The lowest BCUT2D eigenvalue weighted by atomic mass is 10.1. The summed E-state index contributed by atoms with van der Waals surface area (Å²) in [7, 11) is 0. The van der Waals surface area contributed by atoms with Gasteiger partial charge in [0, 0.05) is 44.3 Å². The molecule has 6 nitrogen and oxygen atoms in total. The van der Waals surface area contributed by atoms with Gasteiger partial charge < -0.3 is 10.4 Å². The fraction of sp³-hybridized carbons (Fsp3) is 0.692. The van der Waals surface area contributed by atoms with Gasteiger partial charge in [0.1, 0.15) is 0 Å². The molecule has 2 N–H and O–H groups in total. The number of aromatic nitrogens is 1. The fourth-order valence-corrected chi connectivity index (χ4v) is 2.84. The van der Waals surface area contributed by atoms with Gasteiger partial charge in [-0.2, -0.15) is 0 Å². The van der Waals surface area contributed by atoms with Crippen LogP contribution in [0.5, 0.6) is 0 Å². The van der Waals surface area contributed by atoms with Crippen LogP contribution in [0.1, 0.15) is 13.8 Å². The summed E-state index contributed by atoms with van der Waals surface area (Å²) in [5, 5.41) is 15.1. The quantitative estimate of drug-likeness (QED) is 0.827. The van der Waals surface area contributed by atoms with Crippen LogP contribution in [0.25, 0.3) is 0 Å². The van der Waals surface area contributed by atoms with Gasteiger partial charge in [0.25, 0.3) is 0 Å². The lowest BCUT2D eigenvalue weighted by molar-refractivity contribution is -0.117. The van der Waals surface area contributed by atoms with Crippen molar-refractivity contribution in [3.8, 4) is 0 Å². The maximum Gasteiger partial charge on any atom is 0.240 e. The first-order valence-corrected chi connectivity index (χ1v) is 7.67. The Morgan fingerprint density at radius 3 is 2.60 bits per heavy atom. The molecule has 1 aromatic rings. The highest BCUT2D eigenvalue weighted by Crippen LogP contribution is 2.11. The normalized spacial score (nSPS) is 18.1. The minimum atomic E-state index is -0.662. The molecule has 1 amide bonds. The Balaban J connectivity index is 1.70. The number of carbonyl (C=O) groups is 1. The van der Waals surface area contributed by atoms with Crippen LogP contribution in [0.2, 0.25) is 0 Å². The van der Waals surface area contributed by atoms with E-state index in [0.29, 0.717) is 18.2 Å². The van der Waals surface area contributed by atoms with Gasteiger partial charge in [-0.15, -0.1) is 11.3 Å². The molecule has 0 unspecified atom stereocenters. The molecule has 20 heavy (non-hydrogen) atoms. The SMILES string of the molecule is CC(C)(O)CN1CCN(CC(=O)Nc2nccs2)CC1. The van der Waals surface area contributed by atoms with Gasteiger partial charge in [0.15, 0.2) is 5.13 Å². The van der Waals surface area contributed by atoms with Crippen LogP contribution in [0.15, 0.2) is 11.6 Å². The third kappa shape index (κ3) is 5.16. The minimum absolute atomic E-state index is 0.0177. The van der Waals surface area contributed by atoms with E-state index < -0.39 is 5.60 Å². The van der Waals surface area contributed by atoms with Crippen LogP contribution < -0.4 is 5.32 Å². The van der Waals surface area contributed by atoms with Crippen molar-refractivity contribution in [1.82, 2.24) is 14.8 Å². The average molecular weight is 298 g/mol. The molecule has 1 aromatic heterocycles. The summed E-state index contributed by atoms with van der Waals surface area (Å²) in [6, 6.07) is 0. The van der Waals surface area contributed by atoms with Gasteiger partial charge in [0.05, 0.1) is 12.1 Å². The number of hydrogen-bond acceptors (Lipinski definition) is 6. The zero-order chi connectivity index (χ0) is 14.6. The molecule has 7 heteroatoms. The molecule has 2 rings (SSSR count). The molecule has 1 aliphatic rings. The van der Waals surface area contributed by atoms with E-state index in [9.17, 15) is 9.90 Å². The van der Waals surface area contributed by atoms with Crippen molar-refractivity contribution in [3.05, 3.63) is 11.6 Å². The van der Waals surface area contributed by atoms with Crippen LogP contribution >= 0.6 is 11.3 Å². The predicted molar refractivity (Wildman–Crippen MR) is 79.9 cm³/mol. The van der Waals surface area contributed by atoms with Crippen LogP contribution in [0.4, 0.5) is 5.13 Å². The lowest BCUT2D eigenvalue weighted by Crippen LogP contribution is -2.51. The number of β-amino-alcohol motifs (C(OH)–C–C–N with tert-alkyl or cyclic N) is 1. The Kier molecular flexibility index (Phi) is 5.09. The monoisotopic (exact) mass is 298 g/mol. The van der Waals surface area contributed by atoms with E-state index in [4.69, 9.17) is 0 Å². The van der Waals surface area contributed by atoms with E-state index in [1.807, 2.05) is 19.2 Å². The third-order valence-corrected chi connectivity index (χ3v) is 3.81. The Morgan fingerprint density at radius 1 is 1.40 bits per heavy atom. The Hall–Kier alpha value is -1.02. The Morgan fingerprint density at radius 2 is 2.05 bits per heavy atom. The zero-order valence-electron chi connectivity index (χ0n) is 12.0. The van der Waals surface area contributed by atoms with Crippen LogP contribution in [-0.4, -0.2) is 70.7 Å². The van der Waals surface area contributed by atoms with Crippen molar-refractivity contribution in [1.29, 1.82) is 0 Å². The average Bonchev–Trinajstić information content (AvgIpc) is 2.82. The second kappa shape index (κ2) is 6.62. The number of piperazine rings is 1. The number of thiazole rings is 1. The first kappa shape index (κ1) is 15.4. The number of carbonyl (C=O) groups excluding carboxylic acids is 1. The molecular weight excluding hydrogens is 276 g/mol. The molecule has 0 radical (unpaired) electrons. The molecule has 0 aromatic carbocycles. The number of hydrogen-bond donors (Lipinski definition) is 2. The summed E-state index contributed by atoms with van der Waals surface area (Å²) in [5.41, 5.74) is -0.662. The Bertz CT molecular complexity index is 422. The molecule has 0 atom stereocenters. The van der Waals surface area contributed by atoms with Gasteiger partial charge in [-0.1, -0.05) is 0 Å². The van der Waals surface area contributed by atoms with E-state index in [2.05, 4.69) is 20.1 Å². The van der Waals surface area contributed by atoms with E-state index in [1.165, 1.54) is 11.3 Å². The number of aliphatic hydroxyl groups is 1. The first-order valence-electron chi connectivity index (χ1n) is 6.79. The molecule has 0 spiro atoms. The summed E-state index contributed by atoms with van der Waals surface area (Å²) in [4.78, 5) is 20.2. The summed E-state index contributed by atoms with van der Waals surface area (Å²) >= 11 is 1.42. The zero-order valence-corrected chi connectivity index (χ0v) is 12.8. The topological polar surface area (TPSA) is 68.7 Å². The van der Waals surface area contributed by atoms with Crippen molar-refractivity contribution in [2.75, 3.05) is 44.6 Å². The van der Waals surface area contributed by atoms with Gasteiger partial charge in [0.2, 0.25) is 5.91 Å². The number of anilines is 1. The smallest absolute Gasteiger partial charge is 0.240 e. The van der Waals surface area contributed by atoms with Gasteiger partial charge in [-0.3, -0.25) is 14.6 Å². The highest BCUT2D eigenvalue weighted by molar-refractivity contribution is 7.13. The Labute approximate surface area is 123 Å². The third-order valence-electron chi connectivity index (χ3n) is 3.12. The van der Waals surface area contributed by atoms with Crippen LogP contribution in [-0.2, 0) is 4.79 Å². The predicted octanol–water partition coefficient (Wildman–Crippen LogP) is 0.470. The van der Waals surface area contributed by atoms with Crippen molar-refractivity contribution in [3.63, 3.8) is 0 Å². The van der Waals surface area contributed by atoms with Crippen molar-refractivity contribution in [2.24, 2.45) is 0 Å². The number of nitrogens with one attached hydrogen (secondary N) is 1. The second-order valence-electron chi connectivity index (χ2n) is 5.75. The summed E-state index contributed by atoms with van der Waals surface area (Å²) in [6.45, 7) is 8.18. The number of rotatable bonds is 5. The summed E-state index contributed by atoms with van der Waals surface area (Å²) in [5.74, 6) is -0.0177. The lowest BCUT2D eigenvalue weighted by Gasteiger charge is -2.36. The van der Waals surface area contributed by atoms with Crippen LogP contribution in [0, 0.1) is 0 Å². The maximum atomic E-state index is 11.8. The highest BCUT2D eigenvalue weighted by atomic mass is 32.1. The molecule has 1 saturated heterocycles. The van der Waals surface area contributed by atoms with Crippen molar-refractivity contribution < 1.29 is 9.90 Å². The number of nitrogens with zero attached hydrogens (tertiary/aromatic N) is 3. The highest BCUT2D eigenvalue weighted by Gasteiger charge is 2.23. The molecule has 0 aliphatic carbocycles. The maximum absolute atomic E-state index is 11.8. The van der Waals surface area contributed by atoms with E-state index in [1.54, 1.807) is 6.20 Å². The summed E-state index contributed by atoms with van der Waals surface area (Å²) in [6.07, 6.45) is 1.68. The van der Waals surface area contributed by atoms with Crippen LogP contribution in [0.3, 0.4) is 0 Å². The molecule has 112 valence electrons. The van der Waals surface area contributed by atoms with E-state index in [-0.39, 0.29) is 5.91 Å². The van der Waals surface area contributed by atoms with Crippen molar-refractivity contribution in [2.45, 2.75) is 19.4 Å². The van der Waals surface area contributed by atoms with E-state index in [0.717, 1.165) is 26.2 Å².